The second kappa shape index (κ2) is 19.2. The monoisotopic (exact) mass is 408 g/mol. The van der Waals surface area contributed by atoms with Crippen LogP contribution in [0.2, 0.25) is 0 Å². The Hall–Kier alpha value is 0.880. The number of aliphatic hydroxyl groups excluding tert-OH is 4. The standard InChI is InChI=1S/C6H8O7.C5H10O5.3Na/c7-3(8)1-6(13,5(11)12)2-4(9)10;6-1-3(8)5(10)4(9)2-7;;;/h13H,1-2H2,(H,7,8)(H,9,10)(H,11,12);1,3-5,7-10H,2H2;;;/q;;3*+1/p-3/t;3-,4-,5+;;;/m.0.../s1. The quantitative estimate of drug-likeness (QED) is 0.176. The molecule has 0 aromatic rings. The zero-order valence-electron chi connectivity index (χ0n) is 14.5. The normalized spacial score (nSPS) is 13.0. The molecule has 0 rings (SSSR count). The summed E-state index contributed by atoms with van der Waals surface area (Å²) in [4.78, 5) is 39.8. The van der Waals surface area contributed by atoms with Crippen molar-refractivity contribution < 1.29 is 149 Å². The van der Waals surface area contributed by atoms with E-state index in [0.717, 1.165) is 0 Å². The van der Waals surface area contributed by atoms with Crippen LogP contribution in [0.1, 0.15) is 12.8 Å². The predicted molar refractivity (Wildman–Crippen MR) is 60.4 cm³/mol. The van der Waals surface area contributed by atoms with E-state index in [4.69, 9.17) is 25.5 Å². The van der Waals surface area contributed by atoms with Crippen molar-refractivity contribution in [2.24, 2.45) is 0 Å². The zero-order chi connectivity index (χ0) is 18.8. The molecule has 0 aromatic heterocycles. The first-order valence-corrected chi connectivity index (χ1v) is 5.85. The summed E-state index contributed by atoms with van der Waals surface area (Å²) in [7, 11) is 0. The van der Waals surface area contributed by atoms with E-state index in [1.807, 2.05) is 0 Å². The molecule has 0 aliphatic rings. The number of carboxylic acid groups (broad SMARTS) is 3. The van der Waals surface area contributed by atoms with E-state index in [-0.39, 0.29) is 95.0 Å². The summed E-state index contributed by atoms with van der Waals surface area (Å²) < 4.78 is 0. The average Bonchev–Trinajstić information content (AvgIpc) is 2.43. The SMILES string of the molecule is O=C([O-])CC(O)(CC(=O)[O-])C(=O)[O-].O=C[C@H](O)[C@@H](O)[C@@H](O)CO.[Na+].[Na+].[Na+]. The van der Waals surface area contributed by atoms with Crippen LogP contribution in [0.15, 0.2) is 0 Å². The molecule has 0 amide bonds. The third-order valence-corrected chi connectivity index (χ3v) is 2.32. The molecular formula is C11H15Na3O12. The Labute approximate surface area is 214 Å². The maximum atomic E-state index is 10.1. The molecule has 0 radical (unpaired) electrons. The molecule has 0 heterocycles. The number of carbonyl (C=O) groups excluding carboxylic acids is 4. The summed E-state index contributed by atoms with van der Waals surface area (Å²) >= 11 is 0. The first-order valence-electron chi connectivity index (χ1n) is 5.85. The van der Waals surface area contributed by atoms with Crippen LogP contribution in [0.3, 0.4) is 0 Å². The largest absolute Gasteiger partial charge is 1.00 e. The third kappa shape index (κ3) is 17.0. The number of carbonyl (C=O) groups is 4. The predicted octanol–water partition coefficient (Wildman–Crippen LogP) is -17.0. The smallest absolute Gasteiger partial charge is 0.550 e. The number of carboxylic acids is 3. The van der Waals surface area contributed by atoms with E-state index in [9.17, 15) is 34.5 Å². The summed E-state index contributed by atoms with van der Waals surface area (Å²) in [6.45, 7) is -0.688. The second-order valence-corrected chi connectivity index (χ2v) is 4.28. The number of rotatable bonds is 9. The van der Waals surface area contributed by atoms with Gasteiger partial charge in [0, 0.05) is 24.8 Å². The average molecular weight is 408 g/mol. The molecule has 0 aliphatic heterocycles. The van der Waals surface area contributed by atoms with Gasteiger partial charge in [-0.15, -0.1) is 0 Å². The molecule has 0 unspecified atom stereocenters. The molecule has 0 aromatic carbocycles. The first-order chi connectivity index (χ1) is 10.4. The molecule has 12 nitrogen and oxygen atoms in total. The first kappa shape index (κ1) is 37.6. The van der Waals surface area contributed by atoms with Crippen LogP contribution in [-0.2, 0) is 19.2 Å². The molecule has 0 aliphatic carbocycles. The van der Waals surface area contributed by atoms with Crippen molar-refractivity contribution in [2.45, 2.75) is 36.8 Å². The van der Waals surface area contributed by atoms with Gasteiger partial charge in [-0.3, -0.25) is 0 Å². The number of hydrogen-bond acceptors (Lipinski definition) is 12. The van der Waals surface area contributed by atoms with E-state index in [1.165, 1.54) is 0 Å². The zero-order valence-corrected chi connectivity index (χ0v) is 20.5. The fourth-order valence-corrected chi connectivity index (χ4v) is 1.10. The number of aldehydes is 1. The van der Waals surface area contributed by atoms with Gasteiger partial charge in [0.25, 0.3) is 0 Å². The van der Waals surface area contributed by atoms with Crippen LogP contribution in [0.4, 0.5) is 0 Å². The van der Waals surface area contributed by atoms with E-state index in [2.05, 4.69) is 0 Å². The van der Waals surface area contributed by atoms with Crippen LogP contribution < -0.4 is 104 Å². The van der Waals surface area contributed by atoms with Crippen molar-refractivity contribution in [1.29, 1.82) is 0 Å². The van der Waals surface area contributed by atoms with Gasteiger partial charge in [-0.2, -0.15) is 0 Å². The van der Waals surface area contributed by atoms with Gasteiger partial charge in [-0.25, -0.2) is 0 Å². The van der Waals surface area contributed by atoms with Gasteiger partial charge in [0.15, 0.2) is 6.29 Å². The Kier molecular flexibility index (Phi) is 27.8. The topological polar surface area (TPSA) is 239 Å². The molecule has 26 heavy (non-hydrogen) atoms. The number of aliphatic hydroxyl groups is 5. The van der Waals surface area contributed by atoms with Crippen LogP contribution in [0.25, 0.3) is 0 Å². The molecule has 15 heteroatoms. The van der Waals surface area contributed by atoms with Crippen LogP contribution >= 0.6 is 0 Å². The fourth-order valence-electron chi connectivity index (χ4n) is 1.10. The summed E-state index contributed by atoms with van der Waals surface area (Å²) in [5.74, 6) is -5.98. The second-order valence-electron chi connectivity index (χ2n) is 4.28. The molecule has 0 saturated heterocycles. The van der Waals surface area contributed by atoms with Crippen molar-refractivity contribution in [2.75, 3.05) is 6.61 Å². The van der Waals surface area contributed by atoms with E-state index < -0.39 is 61.3 Å². The van der Waals surface area contributed by atoms with Crippen LogP contribution in [0.5, 0.6) is 0 Å². The molecule has 3 atom stereocenters. The Balaban J connectivity index is -0.000000104. The Morgan fingerprint density at radius 1 is 0.923 bits per heavy atom. The van der Waals surface area contributed by atoms with Gasteiger partial charge in [-0.05, 0) is 0 Å². The van der Waals surface area contributed by atoms with Gasteiger partial charge in [0.05, 0.1) is 12.6 Å². The third-order valence-electron chi connectivity index (χ3n) is 2.32. The maximum absolute atomic E-state index is 10.1. The number of aliphatic carboxylic acids is 3. The van der Waals surface area contributed by atoms with E-state index in [1.54, 1.807) is 0 Å². The van der Waals surface area contributed by atoms with Crippen molar-refractivity contribution in [3.8, 4) is 0 Å². The van der Waals surface area contributed by atoms with Crippen LogP contribution in [0, 0.1) is 0 Å². The Morgan fingerprint density at radius 3 is 1.46 bits per heavy atom. The Bertz CT molecular complexity index is 417. The summed E-state index contributed by atoms with van der Waals surface area (Å²) in [5.41, 5.74) is -2.97. The molecular weight excluding hydrogens is 393 g/mol. The number of hydrogen-bond donors (Lipinski definition) is 5. The molecule has 0 saturated carbocycles. The summed E-state index contributed by atoms with van der Waals surface area (Å²) in [6.07, 6.45) is -7.35. The van der Waals surface area contributed by atoms with Crippen molar-refractivity contribution in [3.05, 3.63) is 0 Å². The summed E-state index contributed by atoms with van der Waals surface area (Å²) in [5, 5.41) is 73.0. The minimum Gasteiger partial charge on any atom is -0.550 e. The van der Waals surface area contributed by atoms with Gasteiger partial charge in [0.2, 0.25) is 0 Å². The van der Waals surface area contributed by atoms with Gasteiger partial charge >= 0.3 is 88.7 Å². The van der Waals surface area contributed by atoms with Crippen molar-refractivity contribution in [1.82, 2.24) is 0 Å². The van der Waals surface area contributed by atoms with Crippen molar-refractivity contribution in [3.63, 3.8) is 0 Å². The fraction of sp³-hybridized carbons (Fsp3) is 0.636. The van der Waals surface area contributed by atoms with E-state index in [0.29, 0.717) is 0 Å². The van der Waals surface area contributed by atoms with Crippen LogP contribution in [-0.4, -0.2) is 80.2 Å². The molecule has 0 spiro atoms. The molecule has 0 bridgehead atoms. The minimum absolute atomic E-state index is 0. The maximum Gasteiger partial charge on any atom is 1.00 e. The molecule has 0 fully saturated rings. The molecule has 134 valence electrons. The Morgan fingerprint density at radius 2 is 1.27 bits per heavy atom. The van der Waals surface area contributed by atoms with Gasteiger partial charge in [-0.1, -0.05) is 0 Å². The van der Waals surface area contributed by atoms with E-state index >= 15 is 0 Å². The van der Waals surface area contributed by atoms with Gasteiger partial charge in [0.1, 0.15) is 23.9 Å². The minimum atomic E-state index is -2.97. The van der Waals surface area contributed by atoms with Crippen molar-refractivity contribution >= 4 is 24.2 Å². The molecule has 5 N–H and O–H groups in total. The summed E-state index contributed by atoms with van der Waals surface area (Å²) in [6, 6.07) is 0. The van der Waals surface area contributed by atoms with Gasteiger partial charge < -0.3 is 60.0 Å².